The maximum absolute atomic E-state index is 13.3. The Kier molecular flexibility index (Phi) is 5.49. The Balaban J connectivity index is 1.71. The Bertz CT molecular complexity index is 646. The van der Waals surface area contributed by atoms with Crippen LogP contribution < -0.4 is 0 Å². The molecule has 3 rings (SSSR count). The molecule has 6 nitrogen and oxygen atoms in total. The molecule has 6 heteroatoms. The van der Waals surface area contributed by atoms with Crippen molar-refractivity contribution in [3.63, 3.8) is 0 Å². The third-order valence-electron chi connectivity index (χ3n) is 5.33. The van der Waals surface area contributed by atoms with Crippen LogP contribution in [-0.4, -0.2) is 70.4 Å². The lowest BCUT2D eigenvalue weighted by atomic mass is 9.87. The molecule has 0 aliphatic carbocycles. The number of rotatable bonds is 5. The third kappa shape index (κ3) is 3.69. The van der Waals surface area contributed by atoms with Crippen LogP contribution in [0.1, 0.15) is 39.2 Å². The molecule has 26 heavy (non-hydrogen) atoms. The Morgan fingerprint density at radius 3 is 2.46 bits per heavy atom. The monoisotopic (exact) mass is 358 g/mol. The van der Waals surface area contributed by atoms with E-state index in [1.807, 2.05) is 26.8 Å². The lowest BCUT2D eigenvalue weighted by molar-refractivity contribution is -0.136. The van der Waals surface area contributed by atoms with Crippen molar-refractivity contribution < 1.29 is 9.59 Å². The first-order chi connectivity index (χ1) is 12.4. The van der Waals surface area contributed by atoms with Gasteiger partial charge in [-0.2, -0.15) is 0 Å². The van der Waals surface area contributed by atoms with Crippen molar-refractivity contribution in [3.05, 3.63) is 30.1 Å². The Morgan fingerprint density at radius 1 is 1.15 bits per heavy atom. The summed E-state index contributed by atoms with van der Waals surface area (Å²) >= 11 is 0. The van der Waals surface area contributed by atoms with Crippen molar-refractivity contribution in [2.24, 2.45) is 11.8 Å². The highest BCUT2D eigenvalue weighted by Gasteiger charge is 2.42. The average Bonchev–Trinajstić information content (AvgIpc) is 2.90. The summed E-state index contributed by atoms with van der Waals surface area (Å²) < 4.78 is 0. The topological polar surface area (TPSA) is 56.8 Å². The zero-order valence-corrected chi connectivity index (χ0v) is 16.3. The summed E-state index contributed by atoms with van der Waals surface area (Å²) in [7, 11) is 0. The summed E-state index contributed by atoms with van der Waals surface area (Å²) in [6, 6.07) is 4.11. The van der Waals surface area contributed by atoms with E-state index in [0.29, 0.717) is 25.6 Å². The van der Waals surface area contributed by atoms with Gasteiger partial charge in [0.1, 0.15) is 0 Å². The highest BCUT2D eigenvalue weighted by atomic mass is 16.2. The largest absolute Gasteiger partial charge is 0.338 e. The Labute approximate surface area is 156 Å². The minimum absolute atomic E-state index is 0.115. The molecule has 0 spiro atoms. The molecule has 0 saturated carbocycles. The smallest absolute Gasteiger partial charge is 0.320 e. The van der Waals surface area contributed by atoms with E-state index < -0.39 is 0 Å². The number of hydrogen-bond acceptors (Lipinski definition) is 3. The van der Waals surface area contributed by atoms with Crippen molar-refractivity contribution in [1.29, 1.82) is 0 Å². The van der Waals surface area contributed by atoms with Crippen LogP contribution in [0.4, 0.5) is 4.79 Å². The molecule has 0 N–H and O–H groups in total. The van der Waals surface area contributed by atoms with Crippen molar-refractivity contribution in [2.45, 2.75) is 39.7 Å². The summed E-state index contributed by atoms with van der Waals surface area (Å²) in [4.78, 5) is 35.7. The maximum Gasteiger partial charge on any atom is 0.320 e. The molecule has 0 radical (unpaired) electrons. The number of amides is 3. The van der Waals surface area contributed by atoms with Crippen molar-refractivity contribution in [1.82, 2.24) is 19.7 Å². The fourth-order valence-electron chi connectivity index (χ4n) is 4.15. The van der Waals surface area contributed by atoms with Gasteiger partial charge in [0.15, 0.2) is 0 Å². The van der Waals surface area contributed by atoms with E-state index in [4.69, 9.17) is 0 Å². The zero-order chi connectivity index (χ0) is 18.8. The lowest BCUT2D eigenvalue weighted by Crippen LogP contribution is -2.55. The second-order valence-electron chi connectivity index (χ2n) is 8.22. The molecule has 2 aliphatic rings. The summed E-state index contributed by atoms with van der Waals surface area (Å²) in [6.45, 7) is 11.8. The number of piperazine rings is 1. The van der Waals surface area contributed by atoms with Crippen LogP contribution in [0.25, 0.3) is 0 Å². The van der Waals surface area contributed by atoms with Crippen molar-refractivity contribution in [3.8, 4) is 0 Å². The molecular weight excluding hydrogens is 328 g/mol. The van der Waals surface area contributed by atoms with Gasteiger partial charge in [-0.15, -0.1) is 0 Å². The van der Waals surface area contributed by atoms with Gasteiger partial charge in [-0.1, -0.05) is 27.7 Å². The molecule has 2 aliphatic heterocycles. The van der Waals surface area contributed by atoms with E-state index in [-0.39, 0.29) is 29.8 Å². The zero-order valence-electron chi connectivity index (χ0n) is 16.3. The summed E-state index contributed by atoms with van der Waals surface area (Å²) in [5, 5.41) is 0. The number of hydrogen-bond donors (Lipinski definition) is 0. The SMILES string of the molecule is CC(C)CN1CC2CN(C(=O)C(c3ccncc3)C(C)C)CCN2C1=O. The van der Waals surface area contributed by atoms with Gasteiger partial charge in [-0.05, 0) is 29.5 Å². The highest BCUT2D eigenvalue weighted by Crippen LogP contribution is 2.29. The van der Waals surface area contributed by atoms with Gasteiger partial charge in [0.2, 0.25) is 5.91 Å². The molecule has 1 aromatic heterocycles. The standard InChI is InChI=1S/C20H30N4O2/c1-14(2)11-23-13-17-12-22(9-10-24(17)20(23)26)19(25)18(15(3)4)16-5-7-21-8-6-16/h5-8,14-15,17-18H,9-13H2,1-4H3. The number of nitrogens with zero attached hydrogens (tertiary/aromatic N) is 4. The van der Waals surface area contributed by atoms with Gasteiger partial charge in [-0.3, -0.25) is 9.78 Å². The van der Waals surface area contributed by atoms with Crippen LogP contribution in [0.2, 0.25) is 0 Å². The van der Waals surface area contributed by atoms with Crippen molar-refractivity contribution in [2.75, 3.05) is 32.7 Å². The molecule has 0 bridgehead atoms. The van der Waals surface area contributed by atoms with Gasteiger partial charge >= 0.3 is 6.03 Å². The lowest BCUT2D eigenvalue weighted by Gasteiger charge is -2.38. The summed E-state index contributed by atoms with van der Waals surface area (Å²) in [5.74, 6) is 0.676. The van der Waals surface area contributed by atoms with Gasteiger partial charge in [-0.25, -0.2) is 4.79 Å². The number of fused-ring (bicyclic) bond motifs is 1. The van der Waals surface area contributed by atoms with E-state index in [1.165, 1.54) is 0 Å². The van der Waals surface area contributed by atoms with Crippen LogP contribution in [0.5, 0.6) is 0 Å². The molecule has 0 aromatic carbocycles. The second-order valence-corrected chi connectivity index (χ2v) is 8.22. The van der Waals surface area contributed by atoms with Gasteiger partial charge in [0.05, 0.1) is 12.0 Å². The van der Waals surface area contributed by atoms with E-state index in [2.05, 4.69) is 32.7 Å². The molecule has 3 heterocycles. The molecule has 142 valence electrons. The molecule has 2 fully saturated rings. The van der Waals surface area contributed by atoms with E-state index in [9.17, 15) is 9.59 Å². The quantitative estimate of drug-likeness (QED) is 0.812. The molecular formula is C20H30N4O2. The van der Waals surface area contributed by atoms with Crippen molar-refractivity contribution >= 4 is 11.9 Å². The summed E-state index contributed by atoms with van der Waals surface area (Å²) in [6.07, 6.45) is 3.49. The molecule has 2 atom stereocenters. The minimum atomic E-state index is -0.159. The first-order valence-electron chi connectivity index (χ1n) is 9.62. The summed E-state index contributed by atoms with van der Waals surface area (Å²) in [5.41, 5.74) is 1.02. The van der Waals surface area contributed by atoms with Crippen LogP contribution in [0, 0.1) is 11.8 Å². The Morgan fingerprint density at radius 2 is 1.85 bits per heavy atom. The van der Waals surface area contributed by atoms with Crippen LogP contribution >= 0.6 is 0 Å². The van der Waals surface area contributed by atoms with E-state index in [1.54, 1.807) is 12.4 Å². The Hall–Kier alpha value is -2.11. The first kappa shape index (κ1) is 18.7. The highest BCUT2D eigenvalue weighted by molar-refractivity contribution is 5.85. The predicted octanol–water partition coefficient (Wildman–Crippen LogP) is 2.43. The molecule has 1 aromatic rings. The normalized spacial score (nSPS) is 21.5. The van der Waals surface area contributed by atoms with Gasteiger partial charge in [0, 0.05) is 45.1 Å². The molecule has 3 amide bonds. The van der Waals surface area contributed by atoms with E-state index >= 15 is 0 Å². The number of pyridine rings is 1. The third-order valence-corrected chi connectivity index (χ3v) is 5.33. The number of aromatic nitrogens is 1. The maximum atomic E-state index is 13.3. The molecule has 2 saturated heterocycles. The number of carbonyl (C=O) groups is 2. The number of urea groups is 1. The van der Waals surface area contributed by atoms with Crippen LogP contribution in [0.15, 0.2) is 24.5 Å². The van der Waals surface area contributed by atoms with Gasteiger partial charge < -0.3 is 14.7 Å². The van der Waals surface area contributed by atoms with Crippen LogP contribution in [0.3, 0.4) is 0 Å². The predicted molar refractivity (Wildman–Crippen MR) is 101 cm³/mol. The minimum Gasteiger partial charge on any atom is -0.338 e. The first-order valence-corrected chi connectivity index (χ1v) is 9.62. The number of carbonyl (C=O) groups excluding carboxylic acids is 2. The molecule has 2 unspecified atom stereocenters. The fraction of sp³-hybridized carbons (Fsp3) is 0.650. The average molecular weight is 358 g/mol. The van der Waals surface area contributed by atoms with Gasteiger partial charge in [0.25, 0.3) is 0 Å². The second kappa shape index (κ2) is 7.64. The van der Waals surface area contributed by atoms with Crippen LogP contribution in [-0.2, 0) is 4.79 Å². The fourth-order valence-corrected chi connectivity index (χ4v) is 4.15. The van der Waals surface area contributed by atoms with E-state index in [0.717, 1.165) is 18.7 Å².